The zero-order valence-corrected chi connectivity index (χ0v) is 15.5. The van der Waals surface area contributed by atoms with E-state index in [1.807, 2.05) is 66.5 Å². The number of pyridine rings is 1. The van der Waals surface area contributed by atoms with Crippen molar-refractivity contribution in [2.45, 2.75) is 12.1 Å². The zero-order valence-electron chi connectivity index (χ0n) is 14.7. The minimum absolute atomic E-state index is 0.0186. The first-order valence-electron chi connectivity index (χ1n) is 8.44. The number of nitrogens with one attached hydrogen (secondary N) is 1. The molecular weight excluding hydrogens is 344 g/mol. The van der Waals surface area contributed by atoms with Crippen molar-refractivity contribution in [1.29, 1.82) is 0 Å². The Morgan fingerprint density at radius 1 is 1.12 bits per heavy atom. The lowest BCUT2D eigenvalue weighted by atomic mass is 9.98. The maximum Gasteiger partial charge on any atom is 0.174 e. The first kappa shape index (κ1) is 16.6. The van der Waals surface area contributed by atoms with Crippen molar-refractivity contribution in [3.05, 3.63) is 78.4 Å². The smallest absolute Gasteiger partial charge is 0.174 e. The topological polar surface area (TPSA) is 42.3 Å². The summed E-state index contributed by atoms with van der Waals surface area (Å²) in [5, 5.41) is 4.12. The molecule has 1 aromatic carbocycles. The SMILES string of the molecule is COc1ccccc1N1C(=S)N[C@@H](c2ccccn2)[C@H]1c1ccn(C)c1. The van der Waals surface area contributed by atoms with Gasteiger partial charge in [-0.25, -0.2) is 0 Å². The molecule has 0 bridgehead atoms. The van der Waals surface area contributed by atoms with E-state index < -0.39 is 0 Å². The van der Waals surface area contributed by atoms with Gasteiger partial charge in [0.05, 0.1) is 30.6 Å². The van der Waals surface area contributed by atoms with E-state index in [0.717, 1.165) is 17.1 Å². The minimum atomic E-state index is -0.0454. The van der Waals surface area contributed by atoms with Crippen molar-refractivity contribution in [3.8, 4) is 5.75 Å². The van der Waals surface area contributed by atoms with Crippen molar-refractivity contribution in [1.82, 2.24) is 14.9 Å². The molecule has 0 amide bonds. The molecule has 0 saturated carbocycles. The third-order valence-corrected chi connectivity index (χ3v) is 4.95. The number of nitrogens with zero attached hydrogens (tertiary/aromatic N) is 3. The van der Waals surface area contributed by atoms with E-state index in [4.69, 9.17) is 17.0 Å². The molecule has 2 atom stereocenters. The number of para-hydroxylation sites is 2. The van der Waals surface area contributed by atoms with Crippen LogP contribution in [0.25, 0.3) is 0 Å². The number of hydrogen-bond acceptors (Lipinski definition) is 3. The fourth-order valence-electron chi connectivity index (χ4n) is 3.48. The predicted octanol–water partition coefficient (Wildman–Crippen LogP) is 3.61. The molecule has 1 saturated heterocycles. The van der Waals surface area contributed by atoms with Crippen molar-refractivity contribution in [2.75, 3.05) is 12.0 Å². The van der Waals surface area contributed by atoms with Gasteiger partial charge in [0.15, 0.2) is 5.11 Å². The summed E-state index contributed by atoms with van der Waals surface area (Å²) in [6.07, 6.45) is 5.99. The van der Waals surface area contributed by atoms with Crippen LogP contribution in [0.15, 0.2) is 67.1 Å². The highest BCUT2D eigenvalue weighted by Crippen LogP contribution is 2.44. The molecule has 2 aromatic heterocycles. The number of benzene rings is 1. The molecule has 1 aliphatic rings. The Labute approximate surface area is 158 Å². The second-order valence-corrected chi connectivity index (χ2v) is 6.67. The zero-order chi connectivity index (χ0) is 18.1. The number of thiocarbonyl (C=S) groups is 1. The second-order valence-electron chi connectivity index (χ2n) is 6.28. The molecule has 6 heteroatoms. The van der Waals surface area contributed by atoms with Crippen LogP contribution in [-0.2, 0) is 7.05 Å². The van der Waals surface area contributed by atoms with Gasteiger partial charge in [-0.15, -0.1) is 0 Å². The lowest BCUT2D eigenvalue weighted by molar-refractivity contribution is 0.414. The van der Waals surface area contributed by atoms with Gasteiger partial charge in [0.25, 0.3) is 0 Å². The lowest BCUT2D eigenvalue weighted by Gasteiger charge is -2.28. The van der Waals surface area contributed by atoms with Gasteiger partial charge in [0, 0.05) is 25.6 Å². The van der Waals surface area contributed by atoms with Crippen LogP contribution in [0.5, 0.6) is 5.75 Å². The Morgan fingerprint density at radius 3 is 2.62 bits per heavy atom. The van der Waals surface area contributed by atoms with E-state index in [1.54, 1.807) is 7.11 Å². The van der Waals surface area contributed by atoms with E-state index in [0.29, 0.717) is 5.11 Å². The highest BCUT2D eigenvalue weighted by atomic mass is 32.1. The Balaban J connectivity index is 1.85. The van der Waals surface area contributed by atoms with E-state index in [1.165, 1.54) is 5.56 Å². The summed E-state index contributed by atoms with van der Waals surface area (Å²) in [6, 6.07) is 16.0. The summed E-state index contributed by atoms with van der Waals surface area (Å²) in [4.78, 5) is 6.69. The number of methoxy groups -OCH3 is 1. The first-order valence-corrected chi connectivity index (χ1v) is 8.85. The average Bonchev–Trinajstić information content (AvgIpc) is 3.25. The number of rotatable bonds is 4. The summed E-state index contributed by atoms with van der Waals surface area (Å²) in [7, 11) is 3.70. The van der Waals surface area contributed by atoms with Crippen LogP contribution in [0.3, 0.4) is 0 Å². The van der Waals surface area contributed by atoms with Gasteiger partial charge in [-0.1, -0.05) is 18.2 Å². The molecule has 132 valence electrons. The van der Waals surface area contributed by atoms with Gasteiger partial charge in [-0.3, -0.25) is 4.98 Å². The van der Waals surface area contributed by atoms with Crippen molar-refractivity contribution < 1.29 is 4.74 Å². The highest BCUT2D eigenvalue weighted by Gasteiger charge is 2.41. The summed E-state index contributed by atoms with van der Waals surface area (Å²) in [5.74, 6) is 0.791. The molecule has 26 heavy (non-hydrogen) atoms. The summed E-state index contributed by atoms with van der Waals surface area (Å²) < 4.78 is 7.63. The quantitative estimate of drug-likeness (QED) is 0.717. The lowest BCUT2D eigenvalue weighted by Crippen LogP contribution is -2.29. The van der Waals surface area contributed by atoms with Gasteiger partial charge >= 0.3 is 0 Å². The molecule has 3 heterocycles. The summed E-state index contributed by atoms with van der Waals surface area (Å²) >= 11 is 5.72. The van der Waals surface area contributed by atoms with Crippen molar-refractivity contribution >= 4 is 23.0 Å². The summed E-state index contributed by atoms with van der Waals surface area (Å²) in [5.41, 5.74) is 3.07. The van der Waals surface area contributed by atoms with Crippen LogP contribution < -0.4 is 15.0 Å². The fourth-order valence-corrected chi connectivity index (χ4v) is 3.82. The number of aryl methyl sites for hydroxylation is 1. The number of anilines is 1. The second kappa shape index (κ2) is 6.80. The third-order valence-electron chi connectivity index (χ3n) is 4.64. The monoisotopic (exact) mass is 364 g/mol. The van der Waals surface area contributed by atoms with Gasteiger partial charge < -0.3 is 19.5 Å². The van der Waals surface area contributed by atoms with Crippen LogP contribution in [-0.4, -0.2) is 21.8 Å². The van der Waals surface area contributed by atoms with Crippen molar-refractivity contribution in [2.24, 2.45) is 7.05 Å². The predicted molar refractivity (Wildman–Crippen MR) is 106 cm³/mol. The molecule has 1 aliphatic heterocycles. The average molecular weight is 364 g/mol. The maximum atomic E-state index is 5.72. The standard InChI is InChI=1S/C20H20N4OS/c1-23-12-10-14(13-23)19-18(15-7-5-6-11-21-15)22-20(26)24(19)16-8-3-4-9-17(16)25-2/h3-13,18-19H,1-2H3,(H,22,26)/t18-,19+/m0/s1. The maximum absolute atomic E-state index is 5.72. The Hall–Kier alpha value is -2.86. The van der Waals surface area contributed by atoms with Crippen LogP contribution in [0, 0.1) is 0 Å². The molecule has 0 radical (unpaired) electrons. The fraction of sp³-hybridized carbons (Fsp3) is 0.200. The van der Waals surface area contributed by atoms with Crippen LogP contribution in [0.1, 0.15) is 23.3 Å². The number of aromatic nitrogens is 2. The Morgan fingerprint density at radius 2 is 1.92 bits per heavy atom. The van der Waals surface area contributed by atoms with E-state index in [-0.39, 0.29) is 12.1 Å². The Kier molecular flexibility index (Phi) is 4.34. The molecule has 0 unspecified atom stereocenters. The molecule has 5 nitrogen and oxygen atoms in total. The molecule has 3 aromatic rings. The van der Waals surface area contributed by atoms with Crippen LogP contribution in [0.2, 0.25) is 0 Å². The van der Waals surface area contributed by atoms with E-state index >= 15 is 0 Å². The third kappa shape index (κ3) is 2.82. The normalized spacial score (nSPS) is 19.5. The molecular formula is C20H20N4OS. The number of ether oxygens (including phenoxy) is 1. The number of hydrogen-bond donors (Lipinski definition) is 1. The van der Waals surface area contributed by atoms with E-state index in [9.17, 15) is 0 Å². The molecule has 0 spiro atoms. The molecule has 1 fully saturated rings. The van der Waals surface area contributed by atoms with Crippen molar-refractivity contribution in [3.63, 3.8) is 0 Å². The van der Waals surface area contributed by atoms with Crippen LogP contribution in [0.4, 0.5) is 5.69 Å². The van der Waals surface area contributed by atoms with E-state index in [2.05, 4.69) is 27.5 Å². The molecule has 4 rings (SSSR count). The van der Waals surface area contributed by atoms with Gasteiger partial charge in [0.1, 0.15) is 5.75 Å². The van der Waals surface area contributed by atoms with Crippen LogP contribution >= 0.6 is 12.2 Å². The Bertz CT molecular complexity index is 924. The van der Waals surface area contributed by atoms with Gasteiger partial charge in [0.2, 0.25) is 0 Å². The molecule has 1 N–H and O–H groups in total. The highest BCUT2D eigenvalue weighted by molar-refractivity contribution is 7.80. The minimum Gasteiger partial charge on any atom is -0.495 e. The summed E-state index contributed by atoms with van der Waals surface area (Å²) in [6.45, 7) is 0. The molecule has 0 aliphatic carbocycles. The first-order chi connectivity index (χ1) is 12.7. The largest absolute Gasteiger partial charge is 0.495 e. The van der Waals surface area contributed by atoms with Gasteiger partial charge in [-0.05, 0) is 48.1 Å². The van der Waals surface area contributed by atoms with Gasteiger partial charge in [-0.2, -0.15) is 0 Å².